The number of carbonyl (C=O) groups excluding carboxylic acids is 1. The molecule has 2 aromatic carbocycles. The van der Waals surface area contributed by atoms with Crippen molar-refractivity contribution >= 4 is 40.4 Å². The summed E-state index contributed by atoms with van der Waals surface area (Å²) in [5.74, 6) is 0.146. The molecule has 0 fully saturated rings. The summed E-state index contributed by atoms with van der Waals surface area (Å²) in [6, 6.07) is 12.0. The largest absolute Gasteiger partial charge is 0.497 e. The Morgan fingerprint density at radius 3 is 2.23 bits per heavy atom. The van der Waals surface area contributed by atoms with E-state index in [4.69, 9.17) is 33.7 Å². The number of nitrogens with two attached hydrogens (primary N) is 1. The summed E-state index contributed by atoms with van der Waals surface area (Å²) in [7, 11) is 1.57. The van der Waals surface area contributed by atoms with Crippen LogP contribution in [0.5, 0.6) is 5.75 Å². The molecule has 0 radical (unpaired) electrons. The molecule has 0 aliphatic carbocycles. The molecule has 6 heteroatoms. The number of anilines is 1. The van der Waals surface area contributed by atoms with E-state index in [2.05, 4.69) is 5.32 Å². The van der Waals surface area contributed by atoms with Gasteiger partial charge in [-0.1, -0.05) is 35.3 Å². The number of halogens is 2. The van der Waals surface area contributed by atoms with E-state index in [0.717, 1.165) is 0 Å². The molecule has 2 rings (SSSR count). The molecule has 22 heavy (non-hydrogen) atoms. The lowest BCUT2D eigenvalue weighted by Crippen LogP contribution is -2.14. The van der Waals surface area contributed by atoms with Crippen molar-refractivity contribution in [3.63, 3.8) is 0 Å². The highest BCUT2D eigenvalue weighted by molar-refractivity contribution is 6.35. The molecular formula is C16H14Cl2N2O2. The maximum absolute atomic E-state index is 11.6. The van der Waals surface area contributed by atoms with E-state index >= 15 is 0 Å². The number of primary amides is 1. The highest BCUT2D eigenvalue weighted by atomic mass is 35.5. The molecule has 1 amide bonds. The van der Waals surface area contributed by atoms with Gasteiger partial charge in [-0.05, 0) is 35.9 Å². The van der Waals surface area contributed by atoms with Crippen LogP contribution in [-0.4, -0.2) is 13.0 Å². The second-order valence-electron chi connectivity index (χ2n) is 4.45. The normalized spacial score (nSPS) is 11.1. The summed E-state index contributed by atoms with van der Waals surface area (Å²) in [5, 5.41) is 3.96. The van der Waals surface area contributed by atoms with Crippen LogP contribution in [0.3, 0.4) is 0 Å². The Kier molecular flexibility index (Phi) is 5.31. The van der Waals surface area contributed by atoms with E-state index in [-0.39, 0.29) is 0 Å². The van der Waals surface area contributed by atoms with E-state index in [0.29, 0.717) is 32.6 Å². The third-order valence-electron chi connectivity index (χ3n) is 2.91. The summed E-state index contributed by atoms with van der Waals surface area (Å²) in [5.41, 5.74) is 7.10. The van der Waals surface area contributed by atoms with Gasteiger partial charge in [0.15, 0.2) is 0 Å². The second kappa shape index (κ2) is 7.20. The van der Waals surface area contributed by atoms with Crippen molar-refractivity contribution in [3.05, 3.63) is 64.3 Å². The van der Waals surface area contributed by atoms with Crippen molar-refractivity contribution in [3.8, 4) is 5.75 Å². The fraction of sp³-hybridized carbons (Fsp3) is 0.0625. The number of methoxy groups -OCH3 is 1. The molecule has 0 aliphatic heterocycles. The Bertz CT molecular complexity index is 692. The SMILES string of the molecule is COc1ccc(/C(=C/Nc2cc(Cl)cc(Cl)c2)C(N)=O)cc1. The van der Waals surface area contributed by atoms with Crippen LogP contribution in [0.25, 0.3) is 5.57 Å². The first kappa shape index (κ1) is 16.2. The fourth-order valence-corrected chi connectivity index (χ4v) is 2.39. The summed E-state index contributed by atoms with van der Waals surface area (Å²) in [6.45, 7) is 0. The van der Waals surface area contributed by atoms with E-state index in [1.165, 1.54) is 6.20 Å². The number of ether oxygens (including phenoxy) is 1. The third-order valence-corrected chi connectivity index (χ3v) is 3.35. The summed E-state index contributed by atoms with van der Waals surface area (Å²) in [6.07, 6.45) is 1.52. The molecule has 4 nitrogen and oxygen atoms in total. The standard InChI is InChI=1S/C16H14Cl2N2O2/c1-22-14-4-2-10(3-5-14)15(16(19)21)9-20-13-7-11(17)6-12(18)8-13/h2-9,20H,1H3,(H2,19,21)/b15-9-. The lowest BCUT2D eigenvalue weighted by atomic mass is 10.1. The Hall–Kier alpha value is -2.17. The average Bonchev–Trinajstić information content (AvgIpc) is 2.47. The minimum absolute atomic E-state index is 0.332. The van der Waals surface area contributed by atoms with Gasteiger partial charge in [-0.3, -0.25) is 4.79 Å². The maximum atomic E-state index is 11.6. The molecule has 0 heterocycles. The lowest BCUT2D eigenvalue weighted by molar-refractivity contribution is -0.112. The van der Waals surface area contributed by atoms with Crippen molar-refractivity contribution in [2.75, 3.05) is 12.4 Å². The fourth-order valence-electron chi connectivity index (χ4n) is 1.86. The van der Waals surface area contributed by atoms with Gasteiger partial charge in [-0.15, -0.1) is 0 Å². The zero-order valence-electron chi connectivity index (χ0n) is 11.8. The van der Waals surface area contributed by atoms with Gasteiger partial charge in [0.1, 0.15) is 5.75 Å². The molecule has 0 unspecified atom stereocenters. The first-order valence-corrected chi connectivity index (χ1v) is 7.12. The summed E-state index contributed by atoms with van der Waals surface area (Å²) >= 11 is 11.9. The van der Waals surface area contributed by atoms with Gasteiger partial charge in [0.05, 0.1) is 12.7 Å². The number of benzene rings is 2. The zero-order valence-corrected chi connectivity index (χ0v) is 13.3. The Morgan fingerprint density at radius 2 is 1.73 bits per heavy atom. The first-order chi connectivity index (χ1) is 10.5. The smallest absolute Gasteiger partial charge is 0.250 e. The van der Waals surface area contributed by atoms with Crippen LogP contribution in [0, 0.1) is 0 Å². The lowest BCUT2D eigenvalue weighted by Gasteiger charge is -2.08. The van der Waals surface area contributed by atoms with Gasteiger partial charge < -0.3 is 15.8 Å². The van der Waals surface area contributed by atoms with Gasteiger partial charge >= 0.3 is 0 Å². The molecule has 114 valence electrons. The highest BCUT2D eigenvalue weighted by Gasteiger charge is 2.08. The van der Waals surface area contributed by atoms with Gasteiger partial charge in [-0.25, -0.2) is 0 Å². The van der Waals surface area contributed by atoms with Crippen LogP contribution < -0.4 is 15.8 Å². The van der Waals surface area contributed by atoms with E-state index in [9.17, 15) is 4.79 Å². The summed E-state index contributed by atoms with van der Waals surface area (Å²) in [4.78, 5) is 11.6. The molecule has 2 aromatic rings. The number of nitrogens with one attached hydrogen (secondary N) is 1. The predicted molar refractivity (Wildman–Crippen MR) is 90.3 cm³/mol. The molecule has 3 N–H and O–H groups in total. The molecule has 0 aliphatic rings. The van der Waals surface area contributed by atoms with Gasteiger partial charge in [0, 0.05) is 21.9 Å². The Balaban J connectivity index is 2.28. The van der Waals surface area contributed by atoms with Crippen LogP contribution in [-0.2, 0) is 4.79 Å². The van der Waals surface area contributed by atoms with Gasteiger partial charge in [0.25, 0.3) is 5.91 Å². The van der Waals surface area contributed by atoms with Crippen LogP contribution in [0.15, 0.2) is 48.7 Å². The molecule has 0 spiro atoms. The average molecular weight is 337 g/mol. The minimum atomic E-state index is -0.550. The van der Waals surface area contributed by atoms with Gasteiger partial charge in [-0.2, -0.15) is 0 Å². The minimum Gasteiger partial charge on any atom is -0.497 e. The molecule has 0 aromatic heterocycles. The van der Waals surface area contributed by atoms with Crippen LogP contribution >= 0.6 is 23.2 Å². The molecular weight excluding hydrogens is 323 g/mol. The van der Waals surface area contributed by atoms with Crippen LogP contribution in [0.1, 0.15) is 5.56 Å². The monoisotopic (exact) mass is 336 g/mol. The quantitative estimate of drug-likeness (QED) is 0.812. The van der Waals surface area contributed by atoms with Crippen molar-refractivity contribution in [1.82, 2.24) is 0 Å². The number of amides is 1. The van der Waals surface area contributed by atoms with E-state index < -0.39 is 5.91 Å². The van der Waals surface area contributed by atoms with E-state index in [1.807, 2.05) is 0 Å². The van der Waals surface area contributed by atoms with Gasteiger partial charge in [0.2, 0.25) is 0 Å². The van der Waals surface area contributed by atoms with Crippen LogP contribution in [0.2, 0.25) is 10.0 Å². The first-order valence-electron chi connectivity index (χ1n) is 6.36. The third kappa shape index (κ3) is 4.16. The van der Waals surface area contributed by atoms with Crippen molar-refractivity contribution in [2.24, 2.45) is 5.73 Å². The number of rotatable bonds is 5. The Labute approximate surface area is 138 Å². The van der Waals surface area contributed by atoms with Crippen molar-refractivity contribution < 1.29 is 9.53 Å². The molecule has 0 saturated carbocycles. The predicted octanol–water partition coefficient (Wildman–Crippen LogP) is 3.94. The molecule has 0 atom stereocenters. The van der Waals surface area contributed by atoms with Crippen LogP contribution in [0.4, 0.5) is 5.69 Å². The summed E-state index contributed by atoms with van der Waals surface area (Å²) < 4.78 is 5.08. The molecule has 0 bridgehead atoms. The Morgan fingerprint density at radius 1 is 1.14 bits per heavy atom. The topological polar surface area (TPSA) is 64.3 Å². The van der Waals surface area contributed by atoms with Crippen molar-refractivity contribution in [1.29, 1.82) is 0 Å². The zero-order chi connectivity index (χ0) is 16.1. The highest BCUT2D eigenvalue weighted by Crippen LogP contribution is 2.24. The molecule has 0 saturated heterocycles. The maximum Gasteiger partial charge on any atom is 0.250 e. The van der Waals surface area contributed by atoms with E-state index in [1.54, 1.807) is 49.6 Å². The number of hydrogen-bond acceptors (Lipinski definition) is 3. The number of carbonyl (C=O) groups is 1. The second-order valence-corrected chi connectivity index (χ2v) is 5.33. The number of hydrogen-bond donors (Lipinski definition) is 2. The van der Waals surface area contributed by atoms with Crippen molar-refractivity contribution in [2.45, 2.75) is 0 Å².